The van der Waals surface area contributed by atoms with Gasteiger partial charge in [0.1, 0.15) is 5.75 Å². The number of nitrogens with zero attached hydrogens (tertiary/aromatic N) is 1. The second-order valence-electron chi connectivity index (χ2n) is 9.74. The van der Waals surface area contributed by atoms with Crippen molar-refractivity contribution in [2.24, 2.45) is 5.92 Å². The van der Waals surface area contributed by atoms with Gasteiger partial charge in [0.2, 0.25) is 0 Å². The zero-order valence-corrected chi connectivity index (χ0v) is 18.8. The number of anilines is 1. The molecule has 3 aliphatic rings. The molecular formula is C31H27NO. The molecule has 3 heterocycles. The summed E-state index contributed by atoms with van der Waals surface area (Å²) in [5, 5.41) is 0. The predicted octanol–water partition coefficient (Wildman–Crippen LogP) is 6.99. The Bertz CT molecular complexity index is 1330. The van der Waals surface area contributed by atoms with E-state index >= 15 is 0 Å². The number of benzene rings is 4. The van der Waals surface area contributed by atoms with E-state index in [0.717, 1.165) is 18.8 Å². The molecule has 3 aliphatic heterocycles. The fraction of sp³-hybridized carbons (Fsp3) is 0.226. The Morgan fingerprint density at radius 1 is 0.758 bits per heavy atom. The summed E-state index contributed by atoms with van der Waals surface area (Å²) in [6.07, 6.45) is 1.06. The molecule has 2 nitrogen and oxygen atoms in total. The van der Waals surface area contributed by atoms with Crippen LogP contribution in [0.3, 0.4) is 0 Å². The van der Waals surface area contributed by atoms with E-state index in [1.54, 1.807) is 0 Å². The first-order valence-corrected chi connectivity index (χ1v) is 12.0. The van der Waals surface area contributed by atoms with Gasteiger partial charge in [-0.3, -0.25) is 0 Å². The highest BCUT2D eigenvalue weighted by molar-refractivity contribution is 5.72. The largest absolute Gasteiger partial charge is 0.493 e. The minimum atomic E-state index is 0.292. The van der Waals surface area contributed by atoms with Gasteiger partial charge in [-0.05, 0) is 41.7 Å². The summed E-state index contributed by atoms with van der Waals surface area (Å²) >= 11 is 0. The van der Waals surface area contributed by atoms with Crippen LogP contribution in [0.5, 0.6) is 5.75 Å². The number of ether oxygens (including phenoxy) is 1. The second-order valence-corrected chi connectivity index (χ2v) is 9.74. The minimum absolute atomic E-state index is 0.292. The normalized spacial score (nSPS) is 24.5. The van der Waals surface area contributed by atoms with Gasteiger partial charge in [0.25, 0.3) is 0 Å². The van der Waals surface area contributed by atoms with Crippen LogP contribution in [0.25, 0.3) is 0 Å². The van der Waals surface area contributed by atoms with E-state index < -0.39 is 0 Å². The summed E-state index contributed by atoms with van der Waals surface area (Å²) in [6, 6.07) is 36.4. The van der Waals surface area contributed by atoms with Gasteiger partial charge < -0.3 is 9.64 Å². The molecular weight excluding hydrogens is 402 g/mol. The van der Waals surface area contributed by atoms with Crippen molar-refractivity contribution in [2.75, 3.05) is 11.5 Å². The topological polar surface area (TPSA) is 12.5 Å². The summed E-state index contributed by atoms with van der Waals surface area (Å²) in [6.45, 7) is 2.93. The van der Waals surface area contributed by atoms with Crippen molar-refractivity contribution in [2.45, 2.75) is 31.3 Å². The van der Waals surface area contributed by atoms with Crippen molar-refractivity contribution in [3.8, 4) is 5.75 Å². The summed E-state index contributed by atoms with van der Waals surface area (Å²) in [5.41, 5.74) is 9.82. The zero-order chi connectivity index (χ0) is 21.9. The molecule has 0 fully saturated rings. The summed E-state index contributed by atoms with van der Waals surface area (Å²) in [7, 11) is 0. The predicted molar refractivity (Wildman–Crippen MR) is 133 cm³/mol. The van der Waals surface area contributed by atoms with Gasteiger partial charge in [-0.2, -0.15) is 0 Å². The molecule has 2 heteroatoms. The van der Waals surface area contributed by atoms with Crippen LogP contribution in [-0.4, -0.2) is 6.61 Å². The summed E-state index contributed by atoms with van der Waals surface area (Å²) < 4.78 is 6.44. The van der Waals surface area contributed by atoms with Crippen LogP contribution in [0.15, 0.2) is 97.1 Å². The molecule has 0 saturated carbocycles. The number of hydrogen-bond acceptors (Lipinski definition) is 2. The third-order valence-electron chi connectivity index (χ3n) is 7.88. The van der Waals surface area contributed by atoms with E-state index in [2.05, 4.69) is 109 Å². The van der Waals surface area contributed by atoms with Gasteiger partial charge in [-0.25, -0.2) is 0 Å². The number of hydrogen-bond donors (Lipinski definition) is 0. The van der Waals surface area contributed by atoms with Gasteiger partial charge in [0.15, 0.2) is 0 Å². The van der Waals surface area contributed by atoms with Crippen LogP contribution in [0.1, 0.15) is 51.4 Å². The van der Waals surface area contributed by atoms with Crippen molar-refractivity contribution in [3.05, 3.63) is 130 Å². The first kappa shape index (κ1) is 19.0. The lowest BCUT2D eigenvalue weighted by Gasteiger charge is -2.51. The Morgan fingerprint density at radius 3 is 2.30 bits per heavy atom. The third kappa shape index (κ3) is 2.80. The summed E-state index contributed by atoms with van der Waals surface area (Å²) in [4.78, 5) is 2.75. The number of para-hydroxylation sites is 1. The maximum Gasteiger partial charge on any atom is 0.124 e. The standard InChI is InChI=1S/C31H27NO/c1-20-15-16-28-25(17-20)31-26(19-33-28)29(22-11-6-3-7-12-22)24-14-8-13-23-18-27(32(31)30(23)24)21-9-4-2-5-10-21/h2-17,26-27,29,31H,18-19H2,1H3/t26?,27-,29?,31?/m0/s1. The Labute approximate surface area is 195 Å². The highest BCUT2D eigenvalue weighted by atomic mass is 16.5. The molecule has 0 amide bonds. The maximum absolute atomic E-state index is 6.44. The molecule has 0 bridgehead atoms. The van der Waals surface area contributed by atoms with E-state index in [-0.39, 0.29) is 0 Å². The fourth-order valence-electron chi connectivity index (χ4n) is 6.58. The van der Waals surface area contributed by atoms with Gasteiger partial charge in [-0.15, -0.1) is 0 Å². The summed E-state index contributed by atoms with van der Waals surface area (Å²) in [5.74, 6) is 1.73. The average Bonchev–Trinajstić information content (AvgIpc) is 3.26. The van der Waals surface area contributed by atoms with E-state index in [1.165, 1.54) is 39.1 Å². The molecule has 4 aromatic rings. The van der Waals surface area contributed by atoms with Crippen LogP contribution >= 0.6 is 0 Å². The Balaban J connectivity index is 1.50. The smallest absolute Gasteiger partial charge is 0.124 e. The van der Waals surface area contributed by atoms with E-state index in [4.69, 9.17) is 4.74 Å². The number of fused-ring (bicyclic) bond motifs is 4. The molecule has 0 aliphatic carbocycles. The lowest BCUT2D eigenvalue weighted by Crippen LogP contribution is -2.46. The number of rotatable bonds is 2. The highest BCUT2D eigenvalue weighted by Gasteiger charge is 2.51. The molecule has 0 spiro atoms. The lowest BCUT2D eigenvalue weighted by atomic mass is 9.70. The minimum Gasteiger partial charge on any atom is -0.493 e. The highest BCUT2D eigenvalue weighted by Crippen LogP contribution is 2.60. The Kier molecular flexibility index (Phi) is 4.17. The Morgan fingerprint density at radius 2 is 1.52 bits per heavy atom. The van der Waals surface area contributed by atoms with Crippen molar-refractivity contribution in [1.29, 1.82) is 0 Å². The lowest BCUT2D eigenvalue weighted by molar-refractivity contribution is 0.166. The van der Waals surface area contributed by atoms with Crippen LogP contribution in [0.4, 0.5) is 5.69 Å². The van der Waals surface area contributed by atoms with Crippen molar-refractivity contribution < 1.29 is 4.74 Å². The molecule has 4 aromatic carbocycles. The second kappa shape index (κ2) is 7.25. The van der Waals surface area contributed by atoms with Crippen molar-refractivity contribution >= 4 is 5.69 Å². The SMILES string of the molecule is Cc1ccc2c(c1)C1C(CO2)C(c2ccccc2)c2cccc3c2N1[C@H](c1ccccc1)C3. The monoisotopic (exact) mass is 429 g/mol. The van der Waals surface area contributed by atoms with Crippen LogP contribution < -0.4 is 9.64 Å². The van der Waals surface area contributed by atoms with Gasteiger partial charge in [-0.1, -0.05) is 96.6 Å². The third-order valence-corrected chi connectivity index (χ3v) is 7.88. The van der Waals surface area contributed by atoms with E-state index in [9.17, 15) is 0 Å². The van der Waals surface area contributed by atoms with Crippen molar-refractivity contribution in [1.82, 2.24) is 0 Å². The van der Waals surface area contributed by atoms with Crippen LogP contribution in [-0.2, 0) is 6.42 Å². The molecule has 0 radical (unpaired) electrons. The molecule has 0 aromatic heterocycles. The molecule has 3 unspecified atom stereocenters. The van der Waals surface area contributed by atoms with Gasteiger partial charge in [0, 0.05) is 23.1 Å². The number of aryl methyl sites for hydroxylation is 1. The molecule has 162 valence electrons. The van der Waals surface area contributed by atoms with Gasteiger partial charge in [0.05, 0.1) is 18.7 Å². The van der Waals surface area contributed by atoms with Crippen LogP contribution in [0.2, 0.25) is 0 Å². The van der Waals surface area contributed by atoms with Crippen LogP contribution in [0, 0.1) is 12.8 Å². The first-order chi connectivity index (χ1) is 16.3. The van der Waals surface area contributed by atoms with E-state index in [0.29, 0.717) is 23.9 Å². The molecule has 7 rings (SSSR count). The van der Waals surface area contributed by atoms with Crippen molar-refractivity contribution in [3.63, 3.8) is 0 Å². The maximum atomic E-state index is 6.44. The zero-order valence-electron chi connectivity index (χ0n) is 18.8. The molecule has 4 atom stereocenters. The molecule has 33 heavy (non-hydrogen) atoms. The van der Waals surface area contributed by atoms with E-state index in [1.807, 2.05) is 0 Å². The Hall–Kier alpha value is -3.52. The first-order valence-electron chi connectivity index (χ1n) is 12.0. The van der Waals surface area contributed by atoms with Gasteiger partial charge >= 0.3 is 0 Å². The molecule has 0 saturated heterocycles. The molecule has 0 N–H and O–H groups in total. The quantitative estimate of drug-likeness (QED) is 0.340. The fourth-order valence-corrected chi connectivity index (χ4v) is 6.58. The average molecular weight is 430 g/mol.